The minimum atomic E-state index is 0.707. The molecule has 3 heteroatoms. The van der Waals surface area contributed by atoms with Gasteiger partial charge in [-0.2, -0.15) is 11.8 Å². The van der Waals surface area contributed by atoms with Crippen LogP contribution >= 0.6 is 11.8 Å². The lowest BCUT2D eigenvalue weighted by Gasteiger charge is -2.29. The van der Waals surface area contributed by atoms with E-state index in [2.05, 4.69) is 16.7 Å². The van der Waals surface area contributed by atoms with Gasteiger partial charge in [0, 0.05) is 24.9 Å². The van der Waals surface area contributed by atoms with Crippen LogP contribution in [-0.2, 0) is 0 Å². The Bertz CT molecular complexity index is 151. The first-order valence-corrected chi connectivity index (χ1v) is 6.59. The fourth-order valence-corrected chi connectivity index (χ4v) is 3.12. The van der Waals surface area contributed by atoms with Gasteiger partial charge in [0.15, 0.2) is 0 Å². The van der Waals surface area contributed by atoms with Crippen molar-refractivity contribution >= 4 is 11.8 Å². The Kier molecular flexibility index (Phi) is 3.52. The Morgan fingerprint density at radius 2 is 2.15 bits per heavy atom. The first-order chi connectivity index (χ1) is 6.42. The molecule has 2 nitrogen and oxygen atoms in total. The van der Waals surface area contributed by atoms with Crippen LogP contribution in [0.5, 0.6) is 0 Å². The van der Waals surface area contributed by atoms with Gasteiger partial charge in [-0.15, -0.1) is 0 Å². The molecule has 2 N–H and O–H groups in total. The molecule has 1 heterocycles. The molecule has 1 unspecified atom stereocenters. The Labute approximate surface area is 85.2 Å². The molecule has 13 heavy (non-hydrogen) atoms. The van der Waals surface area contributed by atoms with Crippen molar-refractivity contribution in [2.75, 3.05) is 31.1 Å². The predicted molar refractivity (Wildman–Crippen MR) is 59.1 cm³/mol. The average molecular weight is 200 g/mol. The second-order valence-electron chi connectivity index (χ2n) is 4.14. The van der Waals surface area contributed by atoms with E-state index in [0.717, 1.165) is 12.5 Å². The van der Waals surface area contributed by atoms with Crippen LogP contribution < -0.4 is 5.73 Å². The van der Waals surface area contributed by atoms with Crippen LogP contribution in [-0.4, -0.2) is 42.1 Å². The highest BCUT2D eigenvalue weighted by molar-refractivity contribution is 7.99. The summed E-state index contributed by atoms with van der Waals surface area (Å²) in [6, 6.07) is 0.707. The molecular formula is C10H20N2S. The fourth-order valence-electron chi connectivity index (χ4n) is 2.22. The minimum absolute atomic E-state index is 0.707. The van der Waals surface area contributed by atoms with Crippen LogP contribution in [0.3, 0.4) is 0 Å². The van der Waals surface area contributed by atoms with Crippen LogP contribution in [0, 0.1) is 5.92 Å². The van der Waals surface area contributed by atoms with E-state index >= 15 is 0 Å². The zero-order chi connectivity index (χ0) is 9.10. The van der Waals surface area contributed by atoms with Gasteiger partial charge in [0.2, 0.25) is 0 Å². The van der Waals surface area contributed by atoms with Crippen molar-refractivity contribution in [1.29, 1.82) is 0 Å². The van der Waals surface area contributed by atoms with Gasteiger partial charge < -0.3 is 5.73 Å². The first kappa shape index (κ1) is 9.81. The number of hydrogen-bond acceptors (Lipinski definition) is 3. The molecule has 1 atom stereocenters. The second-order valence-corrected chi connectivity index (χ2v) is 5.37. The van der Waals surface area contributed by atoms with Crippen molar-refractivity contribution in [1.82, 2.24) is 4.90 Å². The maximum Gasteiger partial charge on any atom is 0.0246 e. The summed E-state index contributed by atoms with van der Waals surface area (Å²) < 4.78 is 0. The van der Waals surface area contributed by atoms with Gasteiger partial charge in [0.05, 0.1) is 0 Å². The third-order valence-corrected chi connectivity index (χ3v) is 4.18. The summed E-state index contributed by atoms with van der Waals surface area (Å²) in [5.74, 6) is 3.59. The Morgan fingerprint density at radius 1 is 1.31 bits per heavy atom. The van der Waals surface area contributed by atoms with E-state index in [0.29, 0.717) is 6.04 Å². The van der Waals surface area contributed by atoms with Crippen molar-refractivity contribution in [3.05, 3.63) is 0 Å². The molecule has 0 aromatic rings. The van der Waals surface area contributed by atoms with Crippen molar-refractivity contribution in [2.24, 2.45) is 11.7 Å². The number of nitrogens with zero attached hydrogens (tertiary/aromatic N) is 1. The van der Waals surface area contributed by atoms with Crippen LogP contribution in [0.4, 0.5) is 0 Å². The van der Waals surface area contributed by atoms with Crippen LogP contribution in [0.15, 0.2) is 0 Å². The van der Waals surface area contributed by atoms with E-state index in [4.69, 9.17) is 5.73 Å². The fraction of sp³-hybridized carbons (Fsp3) is 1.00. The summed E-state index contributed by atoms with van der Waals surface area (Å²) in [4.78, 5) is 2.64. The Morgan fingerprint density at radius 3 is 2.85 bits per heavy atom. The number of rotatable bonds is 3. The highest BCUT2D eigenvalue weighted by atomic mass is 32.2. The van der Waals surface area contributed by atoms with Crippen LogP contribution in [0.1, 0.15) is 19.3 Å². The maximum atomic E-state index is 5.85. The summed E-state index contributed by atoms with van der Waals surface area (Å²) in [5, 5.41) is 0. The Hall–Kier alpha value is 0.270. The smallest absolute Gasteiger partial charge is 0.0246 e. The van der Waals surface area contributed by atoms with Gasteiger partial charge in [0.1, 0.15) is 0 Å². The summed E-state index contributed by atoms with van der Waals surface area (Å²) in [7, 11) is 0. The van der Waals surface area contributed by atoms with Gasteiger partial charge in [-0.05, 0) is 37.5 Å². The number of hydrogen-bond donors (Lipinski definition) is 1. The number of thioether (sulfide) groups is 1. The second kappa shape index (κ2) is 4.67. The maximum absolute atomic E-state index is 5.85. The molecule has 2 aliphatic rings. The minimum Gasteiger partial charge on any atom is -0.329 e. The van der Waals surface area contributed by atoms with E-state index in [-0.39, 0.29) is 0 Å². The van der Waals surface area contributed by atoms with Crippen molar-refractivity contribution in [3.63, 3.8) is 0 Å². The van der Waals surface area contributed by atoms with Gasteiger partial charge in [-0.3, -0.25) is 4.90 Å². The molecule has 0 spiro atoms. The molecule has 0 radical (unpaired) electrons. The summed E-state index contributed by atoms with van der Waals surface area (Å²) >= 11 is 2.10. The molecule has 0 aromatic heterocycles. The standard InChI is InChI=1S/C10H20N2S/c11-8-10(9-2-3-9)12-4-1-6-13-7-5-12/h9-10H,1-8,11H2. The largest absolute Gasteiger partial charge is 0.329 e. The lowest BCUT2D eigenvalue weighted by Crippen LogP contribution is -2.43. The zero-order valence-electron chi connectivity index (χ0n) is 8.24. The van der Waals surface area contributed by atoms with Crippen molar-refractivity contribution in [2.45, 2.75) is 25.3 Å². The normalized spacial score (nSPS) is 28.4. The van der Waals surface area contributed by atoms with E-state index in [1.165, 1.54) is 43.9 Å². The molecule has 2 fully saturated rings. The average Bonchev–Trinajstić information content (AvgIpc) is 2.92. The van der Waals surface area contributed by atoms with Crippen LogP contribution in [0.25, 0.3) is 0 Å². The highest BCUT2D eigenvalue weighted by Gasteiger charge is 2.34. The quantitative estimate of drug-likeness (QED) is 0.741. The lowest BCUT2D eigenvalue weighted by molar-refractivity contribution is 0.195. The SMILES string of the molecule is NCC(C1CC1)N1CCCSCC1. The molecule has 1 saturated carbocycles. The molecular weight excluding hydrogens is 180 g/mol. The third-order valence-electron chi connectivity index (χ3n) is 3.13. The van der Waals surface area contributed by atoms with E-state index < -0.39 is 0 Å². The van der Waals surface area contributed by atoms with Gasteiger partial charge in [0.25, 0.3) is 0 Å². The first-order valence-electron chi connectivity index (χ1n) is 5.43. The molecule has 0 amide bonds. The molecule has 1 saturated heterocycles. The highest BCUT2D eigenvalue weighted by Crippen LogP contribution is 2.35. The summed E-state index contributed by atoms with van der Waals surface area (Å²) in [6.07, 6.45) is 4.20. The molecule has 0 bridgehead atoms. The van der Waals surface area contributed by atoms with E-state index in [1.807, 2.05) is 0 Å². The summed E-state index contributed by atoms with van der Waals surface area (Å²) in [6.45, 7) is 3.42. The molecule has 1 aliphatic heterocycles. The zero-order valence-corrected chi connectivity index (χ0v) is 9.06. The molecule has 2 rings (SSSR count). The molecule has 76 valence electrons. The van der Waals surface area contributed by atoms with Crippen molar-refractivity contribution < 1.29 is 0 Å². The van der Waals surface area contributed by atoms with Crippen LogP contribution in [0.2, 0.25) is 0 Å². The number of nitrogens with two attached hydrogens (primary N) is 1. The van der Waals surface area contributed by atoms with E-state index in [1.54, 1.807) is 0 Å². The van der Waals surface area contributed by atoms with E-state index in [9.17, 15) is 0 Å². The predicted octanol–water partition coefficient (Wildman–Crippen LogP) is 1.16. The molecule has 1 aliphatic carbocycles. The topological polar surface area (TPSA) is 29.3 Å². The van der Waals surface area contributed by atoms with Crippen molar-refractivity contribution in [3.8, 4) is 0 Å². The van der Waals surface area contributed by atoms with Gasteiger partial charge in [-0.1, -0.05) is 0 Å². The van der Waals surface area contributed by atoms with Gasteiger partial charge in [-0.25, -0.2) is 0 Å². The summed E-state index contributed by atoms with van der Waals surface area (Å²) in [5.41, 5.74) is 5.85. The monoisotopic (exact) mass is 200 g/mol. The Balaban J connectivity index is 1.87. The van der Waals surface area contributed by atoms with Gasteiger partial charge >= 0.3 is 0 Å². The third kappa shape index (κ3) is 2.61. The lowest BCUT2D eigenvalue weighted by atomic mass is 10.1. The molecule has 0 aromatic carbocycles.